The molecule has 5 nitrogen and oxygen atoms in total. The second-order valence-electron chi connectivity index (χ2n) is 7.30. The SMILES string of the molecule is N=C(/C=C(\Nc1ccccc1Cl)c1ccc(C(=O)OCc2nc3ccccc3s2)cc1)C(F)(F)F. The summed E-state index contributed by atoms with van der Waals surface area (Å²) >= 11 is 7.55. The van der Waals surface area contributed by atoms with Crippen LogP contribution in [-0.2, 0) is 11.3 Å². The third kappa shape index (κ3) is 6.06. The number of hydrogen-bond acceptors (Lipinski definition) is 6. The van der Waals surface area contributed by atoms with Crippen LogP contribution in [0.2, 0.25) is 5.02 Å². The van der Waals surface area contributed by atoms with Crippen LogP contribution in [-0.4, -0.2) is 22.8 Å². The lowest BCUT2D eigenvalue weighted by Crippen LogP contribution is -2.20. The summed E-state index contributed by atoms with van der Waals surface area (Å²) in [5.74, 6) is -0.594. The van der Waals surface area contributed by atoms with Crippen LogP contribution in [0.25, 0.3) is 15.9 Å². The number of esters is 1. The van der Waals surface area contributed by atoms with Gasteiger partial charge < -0.3 is 10.1 Å². The Kier molecular flexibility index (Phi) is 7.18. The summed E-state index contributed by atoms with van der Waals surface area (Å²) in [5, 5.41) is 11.2. The van der Waals surface area contributed by atoms with Crippen LogP contribution >= 0.6 is 22.9 Å². The second kappa shape index (κ2) is 10.3. The molecule has 0 aliphatic heterocycles. The van der Waals surface area contributed by atoms with Crippen molar-refractivity contribution in [1.82, 2.24) is 4.98 Å². The van der Waals surface area contributed by atoms with Gasteiger partial charge in [-0.15, -0.1) is 11.3 Å². The zero-order valence-electron chi connectivity index (χ0n) is 17.9. The molecule has 4 rings (SSSR count). The number of halogens is 4. The first-order valence-electron chi connectivity index (χ1n) is 10.2. The van der Waals surface area contributed by atoms with Gasteiger partial charge in [-0.2, -0.15) is 13.2 Å². The Hall–Kier alpha value is -3.69. The summed E-state index contributed by atoms with van der Waals surface area (Å²) in [6.45, 7) is 0.00188. The average molecular weight is 516 g/mol. The van der Waals surface area contributed by atoms with Crippen molar-refractivity contribution >= 4 is 56.2 Å². The molecular formula is C25H17ClF3N3O2S. The quantitative estimate of drug-likeness (QED) is 0.199. The van der Waals surface area contributed by atoms with Crippen LogP contribution in [0.3, 0.4) is 0 Å². The number of rotatable bonds is 7. The lowest BCUT2D eigenvalue weighted by atomic mass is 10.1. The third-order valence-corrected chi connectivity index (χ3v) is 6.17. The molecule has 0 radical (unpaired) electrons. The van der Waals surface area contributed by atoms with Crippen LogP contribution in [0.1, 0.15) is 20.9 Å². The van der Waals surface area contributed by atoms with Crippen molar-refractivity contribution in [3.63, 3.8) is 0 Å². The van der Waals surface area contributed by atoms with Crippen LogP contribution < -0.4 is 5.32 Å². The zero-order chi connectivity index (χ0) is 25.0. The minimum atomic E-state index is -4.82. The fourth-order valence-electron chi connectivity index (χ4n) is 3.10. The Balaban J connectivity index is 1.52. The lowest BCUT2D eigenvalue weighted by molar-refractivity contribution is -0.0583. The zero-order valence-corrected chi connectivity index (χ0v) is 19.5. The molecule has 0 fully saturated rings. The van der Waals surface area contributed by atoms with Crippen LogP contribution in [0, 0.1) is 5.41 Å². The topological polar surface area (TPSA) is 75.1 Å². The molecule has 0 spiro atoms. The first-order chi connectivity index (χ1) is 16.7. The number of carbonyl (C=O) groups is 1. The van der Waals surface area contributed by atoms with E-state index >= 15 is 0 Å². The number of nitrogens with one attached hydrogen (secondary N) is 2. The Morgan fingerprint density at radius 2 is 1.69 bits per heavy atom. The number of thiazole rings is 1. The number of para-hydroxylation sites is 2. The Morgan fingerprint density at radius 1 is 1.03 bits per heavy atom. The van der Waals surface area contributed by atoms with Gasteiger partial charge >= 0.3 is 12.1 Å². The monoisotopic (exact) mass is 515 g/mol. The standard InChI is InChI=1S/C25H17ClF3N3O2S/c26-17-5-1-2-6-18(17)31-20(13-22(30)25(27,28)29)15-9-11-16(12-10-15)24(33)34-14-23-32-19-7-3-4-8-21(19)35-23/h1-13,30-31H,14H2/b20-13-,30-22?. The number of carbonyl (C=O) groups excluding carboxylic acids is 1. The number of allylic oxidation sites excluding steroid dienone is 1. The number of alkyl halides is 3. The van der Waals surface area contributed by atoms with Gasteiger partial charge in [0.25, 0.3) is 0 Å². The van der Waals surface area contributed by atoms with Crippen LogP contribution in [0.5, 0.6) is 0 Å². The summed E-state index contributed by atoms with van der Waals surface area (Å²) in [5.41, 5.74) is 0.193. The number of hydrogen-bond donors (Lipinski definition) is 2. The minimum Gasteiger partial charge on any atom is -0.455 e. The van der Waals surface area contributed by atoms with E-state index in [1.807, 2.05) is 24.3 Å². The van der Waals surface area contributed by atoms with Gasteiger partial charge in [-0.1, -0.05) is 48.0 Å². The molecule has 0 saturated carbocycles. The predicted octanol–water partition coefficient (Wildman–Crippen LogP) is 7.34. The van der Waals surface area contributed by atoms with E-state index in [1.165, 1.54) is 35.6 Å². The highest BCUT2D eigenvalue weighted by atomic mass is 35.5. The minimum absolute atomic E-state index is 0.00188. The van der Waals surface area contributed by atoms with Crippen molar-refractivity contribution in [1.29, 1.82) is 5.41 Å². The van der Waals surface area contributed by atoms with E-state index in [2.05, 4.69) is 10.3 Å². The average Bonchev–Trinajstić information content (AvgIpc) is 3.26. The number of ether oxygens (including phenoxy) is 1. The predicted molar refractivity (Wildman–Crippen MR) is 132 cm³/mol. The van der Waals surface area contributed by atoms with Gasteiger partial charge in [-0.3, -0.25) is 5.41 Å². The molecule has 10 heteroatoms. The molecular weight excluding hydrogens is 499 g/mol. The number of nitrogens with zero attached hydrogens (tertiary/aromatic N) is 1. The molecule has 0 aliphatic rings. The van der Waals surface area contributed by atoms with Gasteiger partial charge in [0.15, 0.2) is 0 Å². The van der Waals surface area contributed by atoms with Crippen molar-refractivity contribution in [2.45, 2.75) is 12.8 Å². The van der Waals surface area contributed by atoms with Crippen molar-refractivity contribution < 1.29 is 22.7 Å². The smallest absolute Gasteiger partial charge is 0.432 e. The van der Waals surface area contributed by atoms with Gasteiger partial charge in [-0.25, -0.2) is 9.78 Å². The normalized spacial score (nSPS) is 11.9. The van der Waals surface area contributed by atoms with Crippen molar-refractivity contribution in [3.8, 4) is 0 Å². The second-order valence-corrected chi connectivity index (χ2v) is 8.83. The van der Waals surface area contributed by atoms with Gasteiger partial charge in [0.2, 0.25) is 0 Å². The number of anilines is 1. The molecule has 1 heterocycles. The largest absolute Gasteiger partial charge is 0.455 e. The van der Waals surface area contributed by atoms with Crippen molar-refractivity contribution in [2.75, 3.05) is 5.32 Å². The molecule has 0 bridgehead atoms. The summed E-state index contributed by atoms with van der Waals surface area (Å²) < 4.78 is 45.4. The molecule has 35 heavy (non-hydrogen) atoms. The summed E-state index contributed by atoms with van der Waals surface area (Å²) in [6, 6.07) is 19.9. The highest BCUT2D eigenvalue weighted by Crippen LogP contribution is 2.28. The first kappa shape index (κ1) is 24.4. The van der Waals surface area contributed by atoms with Crippen LogP contribution in [0.4, 0.5) is 18.9 Å². The molecule has 3 aromatic carbocycles. The molecule has 0 aliphatic carbocycles. The molecule has 0 atom stereocenters. The number of aromatic nitrogens is 1. The van der Waals surface area contributed by atoms with Crippen molar-refractivity contribution in [3.05, 3.63) is 100 Å². The molecule has 2 N–H and O–H groups in total. The molecule has 4 aromatic rings. The first-order valence-corrected chi connectivity index (χ1v) is 11.4. The highest BCUT2D eigenvalue weighted by Gasteiger charge is 2.33. The molecule has 0 unspecified atom stereocenters. The van der Waals surface area contributed by atoms with E-state index < -0.39 is 17.9 Å². The van der Waals surface area contributed by atoms with Gasteiger partial charge in [0.1, 0.15) is 17.3 Å². The number of fused-ring (bicyclic) bond motifs is 1. The maximum Gasteiger partial charge on any atom is 0.432 e. The van der Waals surface area contributed by atoms with Gasteiger partial charge in [0.05, 0.1) is 26.5 Å². The van der Waals surface area contributed by atoms with E-state index in [0.717, 1.165) is 10.2 Å². The van der Waals surface area contributed by atoms with Crippen molar-refractivity contribution in [2.24, 2.45) is 0 Å². The van der Waals surface area contributed by atoms with E-state index in [1.54, 1.807) is 24.3 Å². The fourth-order valence-corrected chi connectivity index (χ4v) is 4.17. The van der Waals surface area contributed by atoms with E-state index in [9.17, 15) is 18.0 Å². The third-order valence-electron chi connectivity index (χ3n) is 4.83. The maximum absolute atomic E-state index is 13.0. The van der Waals surface area contributed by atoms with E-state index in [0.29, 0.717) is 27.4 Å². The Bertz CT molecular complexity index is 1380. The molecule has 178 valence electrons. The summed E-state index contributed by atoms with van der Waals surface area (Å²) in [4.78, 5) is 16.9. The van der Waals surface area contributed by atoms with E-state index in [-0.39, 0.29) is 17.9 Å². The lowest BCUT2D eigenvalue weighted by Gasteiger charge is -2.14. The molecule has 1 aromatic heterocycles. The molecule has 0 saturated heterocycles. The highest BCUT2D eigenvalue weighted by molar-refractivity contribution is 7.18. The Morgan fingerprint density at radius 3 is 2.37 bits per heavy atom. The summed E-state index contributed by atoms with van der Waals surface area (Å²) in [6.07, 6.45) is -4.15. The van der Waals surface area contributed by atoms with Crippen LogP contribution in [0.15, 0.2) is 78.9 Å². The number of benzene rings is 3. The summed E-state index contributed by atoms with van der Waals surface area (Å²) in [7, 11) is 0. The van der Waals surface area contributed by atoms with Gasteiger partial charge in [0, 0.05) is 5.70 Å². The maximum atomic E-state index is 13.0. The molecule has 0 amide bonds. The Labute approximate surface area is 207 Å². The fraction of sp³-hybridized carbons (Fsp3) is 0.0800. The van der Waals surface area contributed by atoms with E-state index in [4.69, 9.17) is 21.7 Å². The van der Waals surface area contributed by atoms with Gasteiger partial charge in [-0.05, 0) is 48.0 Å².